The Kier molecular flexibility index (Phi) is 5.55. The summed E-state index contributed by atoms with van der Waals surface area (Å²) in [5.74, 6) is -1.02. The number of carbonyl (C=O) groups is 1. The Morgan fingerprint density at radius 1 is 1.16 bits per heavy atom. The van der Waals surface area contributed by atoms with Crippen LogP contribution >= 0.6 is 34.7 Å². The predicted octanol–water partition coefficient (Wildman–Crippen LogP) is 4.40. The van der Waals surface area contributed by atoms with Crippen LogP contribution < -0.4 is 5.32 Å². The fourth-order valence-electron chi connectivity index (χ4n) is 1.86. The lowest BCUT2D eigenvalue weighted by Gasteiger charge is -2.09. The van der Waals surface area contributed by atoms with E-state index in [2.05, 4.69) is 14.9 Å². The minimum absolute atomic E-state index is 0.0706. The Bertz CT molecular complexity index is 921. The van der Waals surface area contributed by atoms with Gasteiger partial charge in [0.2, 0.25) is 5.69 Å². The zero-order valence-corrected chi connectivity index (χ0v) is 15.3. The van der Waals surface area contributed by atoms with Crippen LogP contribution in [0.4, 0.5) is 10.1 Å². The number of halogens is 3. The van der Waals surface area contributed by atoms with Gasteiger partial charge in [-0.05, 0) is 36.4 Å². The average molecular weight is 416 g/mol. The number of hydrogen-bond donors (Lipinski definition) is 1. The van der Waals surface area contributed by atoms with Gasteiger partial charge in [-0.25, -0.2) is 4.39 Å². The standard InChI is InChI=1S/C15H8Cl2FN3O2S2/c16-11-6-5-10(7-12(11)17)25(23)15-13(20-21-24-15)14(22)19-9-3-1-8(18)2-4-9/h1-7H,(H,19,22). The lowest BCUT2D eigenvalue weighted by Crippen LogP contribution is -2.16. The normalized spacial score (nSPS) is 12.0. The molecule has 0 fully saturated rings. The number of aromatic nitrogens is 2. The first-order valence-electron chi connectivity index (χ1n) is 6.72. The maximum atomic E-state index is 12.9. The van der Waals surface area contributed by atoms with Crippen molar-refractivity contribution in [2.24, 2.45) is 0 Å². The second-order valence-corrected chi connectivity index (χ2v) is 7.96. The number of hydrogen-bond acceptors (Lipinski definition) is 5. The third-order valence-corrected chi connectivity index (χ3v) is 6.20. The summed E-state index contributed by atoms with van der Waals surface area (Å²) in [5, 5.41) is 6.89. The maximum Gasteiger partial charge on any atom is 0.282 e. The van der Waals surface area contributed by atoms with Crippen molar-refractivity contribution in [1.82, 2.24) is 9.59 Å². The van der Waals surface area contributed by atoms with E-state index in [0.29, 0.717) is 15.6 Å². The molecular formula is C15H8Cl2FN3O2S2. The second-order valence-electron chi connectivity index (χ2n) is 4.71. The summed E-state index contributed by atoms with van der Waals surface area (Å²) >= 11 is 10.9. The monoisotopic (exact) mass is 415 g/mol. The van der Waals surface area contributed by atoms with E-state index in [1.807, 2.05) is 0 Å². The number of carbonyl (C=O) groups excluding carboxylic acids is 1. The van der Waals surface area contributed by atoms with Crippen LogP contribution in [-0.4, -0.2) is 20.0 Å². The van der Waals surface area contributed by atoms with Crippen LogP contribution in [0.1, 0.15) is 10.5 Å². The predicted molar refractivity (Wildman–Crippen MR) is 95.4 cm³/mol. The van der Waals surface area contributed by atoms with E-state index in [9.17, 15) is 13.7 Å². The molecule has 1 atom stereocenters. The van der Waals surface area contributed by atoms with Crippen molar-refractivity contribution < 1.29 is 13.7 Å². The van der Waals surface area contributed by atoms with Gasteiger partial charge in [0, 0.05) is 34.5 Å². The van der Waals surface area contributed by atoms with Gasteiger partial charge in [0.25, 0.3) is 10.1 Å². The van der Waals surface area contributed by atoms with E-state index < -0.39 is 22.9 Å². The van der Waals surface area contributed by atoms with Crippen LogP contribution in [0.25, 0.3) is 0 Å². The van der Waals surface area contributed by atoms with Crippen molar-refractivity contribution in [2.45, 2.75) is 9.10 Å². The molecule has 10 heteroatoms. The maximum absolute atomic E-state index is 12.9. The Hall–Kier alpha value is -1.71. The van der Waals surface area contributed by atoms with Crippen LogP contribution in [0.3, 0.4) is 0 Å². The zero-order chi connectivity index (χ0) is 18.0. The summed E-state index contributed by atoms with van der Waals surface area (Å²) < 4.78 is 29.5. The molecule has 0 aliphatic heterocycles. The van der Waals surface area contributed by atoms with E-state index in [-0.39, 0.29) is 14.9 Å². The van der Waals surface area contributed by atoms with Gasteiger partial charge in [-0.15, -0.1) is 5.10 Å². The molecule has 0 aliphatic carbocycles. The van der Waals surface area contributed by atoms with Crippen LogP contribution in [0.15, 0.2) is 51.6 Å². The summed E-state index contributed by atoms with van der Waals surface area (Å²) in [6.45, 7) is 0. The molecule has 25 heavy (non-hydrogen) atoms. The van der Waals surface area contributed by atoms with Crippen molar-refractivity contribution in [3.8, 4) is 0 Å². The van der Waals surface area contributed by atoms with E-state index in [1.165, 1.54) is 36.4 Å². The van der Waals surface area contributed by atoms with Crippen molar-refractivity contribution in [1.29, 1.82) is 0 Å². The third kappa shape index (κ3) is 4.10. The molecule has 1 aromatic heterocycles. The quantitative estimate of drug-likeness (QED) is 0.640. The molecule has 0 saturated carbocycles. The SMILES string of the molecule is O=C(Nc1ccc(F)cc1)c1nnsc1[S+]([O-])c1ccc(Cl)c(Cl)c1. The van der Waals surface area contributed by atoms with E-state index >= 15 is 0 Å². The van der Waals surface area contributed by atoms with Crippen LogP contribution in [0, 0.1) is 5.82 Å². The molecule has 1 unspecified atom stereocenters. The van der Waals surface area contributed by atoms with Gasteiger partial charge >= 0.3 is 0 Å². The minimum atomic E-state index is -1.70. The Morgan fingerprint density at radius 3 is 2.56 bits per heavy atom. The summed E-state index contributed by atoms with van der Waals surface area (Å²) in [6.07, 6.45) is 0. The van der Waals surface area contributed by atoms with Crippen molar-refractivity contribution in [2.75, 3.05) is 5.32 Å². The fraction of sp³-hybridized carbons (Fsp3) is 0. The van der Waals surface area contributed by atoms with Gasteiger partial charge in [-0.1, -0.05) is 27.7 Å². The highest BCUT2D eigenvalue weighted by atomic mass is 35.5. The summed E-state index contributed by atoms with van der Waals surface area (Å²) in [6, 6.07) is 9.76. The highest BCUT2D eigenvalue weighted by Gasteiger charge is 2.28. The number of nitrogens with zero attached hydrogens (tertiary/aromatic N) is 2. The van der Waals surface area contributed by atoms with E-state index in [4.69, 9.17) is 23.2 Å². The molecule has 0 spiro atoms. The van der Waals surface area contributed by atoms with Gasteiger partial charge in [-0.3, -0.25) is 4.79 Å². The van der Waals surface area contributed by atoms with Crippen LogP contribution in [-0.2, 0) is 11.2 Å². The Labute approximate surface area is 159 Å². The molecule has 2 aromatic carbocycles. The Morgan fingerprint density at radius 2 is 1.88 bits per heavy atom. The average Bonchev–Trinajstić information content (AvgIpc) is 3.08. The fourth-order valence-corrected chi connectivity index (χ4v) is 4.24. The minimum Gasteiger partial charge on any atom is -0.606 e. The van der Waals surface area contributed by atoms with Gasteiger partial charge < -0.3 is 9.87 Å². The first-order chi connectivity index (χ1) is 12.0. The molecule has 0 aliphatic rings. The number of benzene rings is 2. The van der Waals surface area contributed by atoms with Gasteiger partial charge in [-0.2, -0.15) is 0 Å². The molecule has 3 aromatic rings. The van der Waals surface area contributed by atoms with Gasteiger partial charge in [0.15, 0.2) is 4.90 Å². The molecular weight excluding hydrogens is 408 g/mol. The van der Waals surface area contributed by atoms with Crippen molar-refractivity contribution >= 4 is 57.5 Å². The van der Waals surface area contributed by atoms with Crippen LogP contribution in [0.5, 0.6) is 0 Å². The molecule has 128 valence electrons. The molecule has 0 saturated heterocycles. The first kappa shape index (κ1) is 18.1. The number of anilines is 1. The second kappa shape index (κ2) is 7.67. The van der Waals surface area contributed by atoms with Gasteiger partial charge in [0.1, 0.15) is 5.82 Å². The first-order valence-corrected chi connectivity index (χ1v) is 9.39. The smallest absolute Gasteiger partial charge is 0.282 e. The van der Waals surface area contributed by atoms with Gasteiger partial charge in [0.05, 0.1) is 10.0 Å². The third-order valence-electron chi connectivity index (χ3n) is 3.05. The highest BCUT2D eigenvalue weighted by Crippen LogP contribution is 2.31. The molecule has 0 bridgehead atoms. The van der Waals surface area contributed by atoms with E-state index in [1.54, 1.807) is 6.07 Å². The molecule has 5 nitrogen and oxygen atoms in total. The van der Waals surface area contributed by atoms with Crippen LogP contribution in [0.2, 0.25) is 10.0 Å². The molecule has 1 amide bonds. The summed E-state index contributed by atoms with van der Waals surface area (Å²) in [5.41, 5.74) is 0.310. The molecule has 1 N–H and O–H groups in total. The van der Waals surface area contributed by atoms with Crippen molar-refractivity contribution in [3.05, 3.63) is 64.0 Å². The molecule has 1 heterocycles. The highest BCUT2D eigenvalue weighted by molar-refractivity contribution is 7.93. The summed E-state index contributed by atoms with van der Waals surface area (Å²) in [7, 11) is 0. The number of nitrogens with one attached hydrogen (secondary N) is 1. The van der Waals surface area contributed by atoms with Crippen molar-refractivity contribution in [3.63, 3.8) is 0 Å². The molecule has 3 rings (SSSR count). The summed E-state index contributed by atoms with van der Waals surface area (Å²) in [4.78, 5) is 12.7. The lowest BCUT2D eigenvalue weighted by atomic mass is 10.3. The largest absolute Gasteiger partial charge is 0.606 e. The zero-order valence-electron chi connectivity index (χ0n) is 12.2. The number of amides is 1. The Balaban J connectivity index is 1.85. The molecule has 0 radical (unpaired) electrons. The number of rotatable bonds is 4. The lowest BCUT2D eigenvalue weighted by molar-refractivity contribution is 0.101. The van der Waals surface area contributed by atoms with E-state index in [0.717, 1.165) is 11.5 Å². The topological polar surface area (TPSA) is 77.9 Å².